The zero-order valence-electron chi connectivity index (χ0n) is 13.3. The van der Waals surface area contributed by atoms with Gasteiger partial charge in [0, 0.05) is 13.2 Å². The summed E-state index contributed by atoms with van der Waals surface area (Å²) < 4.78 is 5.65. The summed E-state index contributed by atoms with van der Waals surface area (Å²) in [6.45, 7) is 15.5. The highest BCUT2D eigenvalue weighted by molar-refractivity contribution is 4.59. The van der Waals surface area contributed by atoms with Crippen molar-refractivity contribution < 1.29 is 4.74 Å². The second-order valence-corrected chi connectivity index (χ2v) is 6.94. The van der Waals surface area contributed by atoms with Gasteiger partial charge in [-0.3, -0.25) is 0 Å². The van der Waals surface area contributed by atoms with Crippen LogP contribution in [0, 0.1) is 11.3 Å². The van der Waals surface area contributed by atoms with E-state index in [1.54, 1.807) is 0 Å². The van der Waals surface area contributed by atoms with Gasteiger partial charge in [-0.1, -0.05) is 47.5 Å². The molecule has 0 spiro atoms. The molecule has 0 heterocycles. The predicted octanol–water partition coefficient (Wildman–Crippen LogP) is 4.25. The zero-order chi connectivity index (χ0) is 13.9. The molecule has 0 aromatic heterocycles. The molecule has 1 N–H and O–H groups in total. The fourth-order valence-corrected chi connectivity index (χ4v) is 1.68. The molecule has 0 saturated heterocycles. The second kappa shape index (κ2) is 10.8. The quantitative estimate of drug-likeness (QED) is 0.559. The molecule has 0 aromatic carbocycles. The van der Waals surface area contributed by atoms with Crippen molar-refractivity contribution in [3.8, 4) is 0 Å². The normalized spacial score (nSPS) is 12.3. The van der Waals surface area contributed by atoms with E-state index in [-0.39, 0.29) is 0 Å². The van der Waals surface area contributed by atoms with Crippen molar-refractivity contribution >= 4 is 0 Å². The minimum atomic E-state index is 0.405. The first-order valence-corrected chi connectivity index (χ1v) is 7.70. The SMILES string of the molecule is CC(C)CNCCCCCCOCCC(C)(C)C. The number of ether oxygens (including phenoxy) is 1. The molecule has 0 aliphatic carbocycles. The van der Waals surface area contributed by atoms with Gasteiger partial charge in [0.15, 0.2) is 0 Å². The van der Waals surface area contributed by atoms with E-state index < -0.39 is 0 Å². The van der Waals surface area contributed by atoms with Crippen LogP contribution < -0.4 is 5.32 Å². The smallest absolute Gasteiger partial charge is 0.0471 e. The molecule has 0 atom stereocenters. The molecule has 18 heavy (non-hydrogen) atoms. The zero-order valence-corrected chi connectivity index (χ0v) is 13.3. The molecule has 2 nitrogen and oxygen atoms in total. The standard InChI is InChI=1S/C16H35NO/c1-15(2)14-17-11-8-6-7-9-12-18-13-10-16(3,4)5/h15,17H,6-14H2,1-5H3. The van der Waals surface area contributed by atoms with Gasteiger partial charge in [0.05, 0.1) is 0 Å². The lowest BCUT2D eigenvalue weighted by Crippen LogP contribution is -2.20. The summed E-state index contributed by atoms with van der Waals surface area (Å²) in [5.74, 6) is 0.765. The van der Waals surface area contributed by atoms with E-state index >= 15 is 0 Å². The van der Waals surface area contributed by atoms with Crippen molar-refractivity contribution in [2.24, 2.45) is 11.3 Å². The van der Waals surface area contributed by atoms with E-state index in [0.29, 0.717) is 5.41 Å². The van der Waals surface area contributed by atoms with E-state index in [4.69, 9.17) is 4.74 Å². The summed E-state index contributed by atoms with van der Waals surface area (Å²) in [7, 11) is 0. The first kappa shape index (κ1) is 17.9. The van der Waals surface area contributed by atoms with E-state index in [9.17, 15) is 0 Å². The monoisotopic (exact) mass is 257 g/mol. The lowest BCUT2D eigenvalue weighted by molar-refractivity contribution is 0.105. The fraction of sp³-hybridized carbons (Fsp3) is 1.00. The van der Waals surface area contributed by atoms with Crippen LogP contribution in [0.4, 0.5) is 0 Å². The van der Waals surface area contributed by atoms with Crippen molar-refractivity contribution in [3.63, 3.8) is 0 Å². The largest absolute Gasteiger partial charge is 0.381 e. The summed E-state index contributed by atoms with van der Waals surface area (Å²) in [5, 5.41) is 3.48. The van der Waals surface area contributed by atoms with Crippen LogP contribution in [0.5, 0.6) is 0 Å². The maximum atomic E-state index is 5.65. The molecule has 110 valence electrons. The molecule has 0 aromatic rings. The first-order valence-electron chi connectivity index (χ1n) is 7.70. The van der Waals surface area contributed by atoms with Crippen molar-refractivity contribution in [2.75, 3.05) is 26.3 Å². The minimum absolute atomic E-state index is 0.405. The van der Waals surface area contributed by atoms with Crippen molar-refractivity contribution in [1.82, 2.24) is 5.32 Å². The van der Waals surface area contributed by atoms with Crippen LogP contribution in [0.3, 0.4) is 0 Å². The molecule has 0 bridgehead atoms. The Balaban J connectivity index is 3.04. The third-order valence-electron chi connectivity index (χ3n) is 2.94. The van der Waals surface area contributed by atoms with Gasteiger partial charge in [-0.2, -0.15) is 0 Å². The van der Waals surface area contributed by atoms with Gasteiger partial charge < -0.3 is 10.1 Å². The Morgan fingerprint density at radius 2 is 1.61 bits per heavy atom. The Morgan fingerprint density at radius 1 is 0.944 bits per heavy atom. The molecule has 0 aliphatic heterocycles. The summed E-state index contributed by atoms with van der Waals surface area (Å²) in [6.07, 6.45) is 6.31. The Morgan fingerprint density at radius 3 is 2.22 bits per heavy atom. The number of hydrogen-bond donors (Lipinski definition) is 1. The highest BCUT2D eigenvalue weighted by Crippen LogP contribution is 2.17. The Kier molecular flexibility index (Phi) is 10.8. The lowest BCUT2D eigenvalue weighted by atomic mass is 9.93. The van der Waals surface area contributed by atoms with E-state index in [0.717, 1.165) is 32.1 Å². The molecule has 0 amide bonds. The van der Waals surface area contributed by atoms with Gasteiger partial charge in [0.25, 0.3) is 0 Å². The highest BCUT2D eigenvalue weighted by Gasteiger charge is 2.08. The number of hydrogen-bond acceptors (Lipinski definition) is 2. The molecule has 0 unspecified atom stereocenters. The van der Waals surface area contributed by atoms with Crippen LogP contribution >= 0.6 is 0 Å². The lowest BCUT2D eigenvalue weighted by Gasteiger charge is -2.17. The molecule has 0 aliphatic rings. The summed E-state index contributed by atoms with van der Waals surface area (Å²) in [6, 6.07) is 0. The van der Waals surface area contributed by atoms with Crippen LogP contribution in [0.15, 0.2) is 0 Å². The molecule has 0 radical (unpaired) electrons. The van der Waals surface area contributed by atoms with Gasteiger partial charge in [0.2, 0.25) is 0 Å². The van der Waals surface area contributed by atoms with Gasteiger partial charge in [-0.15, -0.1) is 0 Å². The average Bonchev–Trinajstić information content (AvgIpc) is 2.24. The van der Waals surface area contributed by atoms with Crippen LogP contribution in [0.1, 0.15) is 66.7 Å². The topological polar surface area (TPSA) is 21.3 Å². The number of nitrogens with one attached hydrogen (secondary N) is 1. The fourth-order valence-electron chi connectivity index (χ4n) is 1.68. The molecule has 2 heteroatoms. The van der Waals surface area contributed by atoms with Crippen LogP contribution in [-0.4, -0.2) is 26.3 Å². The first-order chi connectivity index (χ1) is 8.42. The Bertz CT molecular complexity index is 172. The minimum Gasteiger partial charge on any atom is -0.381 e. The molecular weight excluding hydrogens is 222 g/mol. The van der Waals surface area contributed by atoms with Gasteiger partial charge in [0.1, 0.15) is 0 Å². The average molecular weight is 257 g/mol. The van der Waals surface area contributed by atoms with E-state index in [1.165, 1.54) is 32.2 Å². The molecule has 0 rings (SSSR count). The maximum Gasteiger partial charge on any atom is 0.0471 e. The third-order valence-corrected chi connectivity index (χ3v) is 2.94. The Labute approximate surface area is 115 Å². The third kappa shape index (κ3) is 15.9. The maximum absolute atomic E-state index is 5.65. The molecule has 0 saturated carbocycles. The second-order valence-electron chi connectivity index (χ2n) is 6.94. The van der Waals surface area contributed by atoms with Crippen molar-refractivity contribution in [3.05, 3.63) is 0 Å². The molecular formula is C16H35NO. The van der Waals surface area contributed by atoms with Crippen LogP contribution in [0.2, 0.25) is 0 Å². The van der Waals surface area contributed by atoms with Gasteiger partial charge >= 0.3 is 0 Å². The number of unbranched alkanes of at least 4 members (excludes halogenated alkanes) is 3. The molecule has 0 fully saturated rings. The Hall–Kier alpha value is -0.0800. The van der Waals surface area contributed by atoms with E-state index in [2.05, 4.69) is 39.9 Å². The van der Waals surface area contributed by atoms with Gasteiger partial charge in [-0.25, -0.2) is 0 Å². The number of rotatable bonds is 11. The summed E-state index contributed by atoms with van der Waals surface area (Å²) in [5.41, 5.74) is 0.405. The van der Waals surface area contributed by atoms with Crippen LogP contribution in [-0.2, 0) is 4.74 Å². The summed E-state index contributed by atoms with van der Waals surface area (Å²) >= 11 is 0. The highest BCUT2D eigenvalue weighted by atomic mass is 16.5. The predicted molar refractivity (Wildman–Crippen MR) is 81.1 cm³/mol. The van der Waals surface area contributed by atoms with Crippen molar-refractivity contribution in [2.45, 2.75) is 66.7 Å². The summed E-state index contributed by atoms with van der Waals surface area (Å²) in [4.78, 5) is 0. The van der Waals surface area contributed by atoms with Crippen LogP contribution in [0.25, 0.3) is 0 Å². The van der Waals surface area contributed by atoms with Crippen molar-refractivity contribution in [1.29, 1.82) is 0 Å². The van der Waals surface area contributed by atoms with Gasteiger partial charge in [-0.05, 0) is 43.7 Å². The van der Waals surface area contributed by atoms with E-state index in [1.807, 2.05) is 0 Å².